The van der Waals surface area contributed by atoms with E-state index in [0.29, 0.717) is 23.8 Å². The lowest BCUT2D eigenvalue weighted by Gasteiger charge is -2.33. The molecule has 1 saturated heterocycles. The van der Waals surface area contributed by atoms with E-state index in [1.165, 1.54) is 5.56 Å². The van der Waals surface area contributed by atoms with E-state index in [2.05, 4.69) is 59.0 Å². The fourth-order valence-corrected chi connectivity index (χ4v) is 4.43. The predicted octanol–water partition coefficient (Wildman–Crippen LogP) is 3.39. The molecular weight excluding hydrogens is 402 g/mol. The Balaban J connectivity index is 1.53. The van der Waals surface area contributed by atoms with Gasteiger partial charge >= 0.3 is 6.03 Å². The van der Waals surface area contributed by atoms with Gasteiger partial charge in [0.15, 0.2) is 5.71 Å². The standard InChI is InChI=1S/C25H29N5O2/c1-16-13-21-22(14-17(16)2)30(18(3)23(27-21)24(31)28-25(26)32)12-11-29-10-9-20(15-29)19-7-5-4-6-8-19/h4-8,13-14,20H,3,9-12,15H2,1-2H3,(H3,26,28,31,32). The van der Waals surface area contributed by atoms with Gasteiger partial charge < -0.3 is 15.5 Å². The Morgan fingerprint density at radius 2 is 1.88 bits per heavy atom. The van der Waals surface area contributed by atoms with Gasteiger partial charge in [-0.25, -0.2) is 9.79 Å². The summed E-state index contributed by atoms with van der Waals surface area (Å²) < 4.78 is 0. The lowest BCUT2D eigenvalue weighted by atomic mass is 9.99. The zero-order chi connectivity index (χ0) is 22.8. The van der Waals surface area contributed by atoms with Crippen molar-refractivity contribution >= 4 is 29.0 Å². The molecule has 0 radical (unpaired) electrons. The number of carbonyl (C=O) groups is 2. The van der Waals surface area contributed by atoms with Gasteiger partial charge in [0.1, 0.15) is 0 Å². The molecule has 166 valence electrons. The van der Waals surface area contributed by atoms with Crippen LogP contribution >= 0.6 is 0 Å². The summed E-state index contributed by atoms with van der Waals surface area (Å²) in [6, 6.07) is 13.8. The maximum absolute atomic E-state index is 12.5. The van der Waals surface area contributed by atoms with E-state index >= 15 is 0 Å². The van der Waals surface area contributed by atoms with Crippen molar-refractivity contribution in [2.45, 2.75) is 26.2 Å². The van der Waals surface area contributed by atoms with Crippen LogP contribution in [0.15, 0.2) is 59.7 Å². The Morgan fingerprint density at radius 1 is 1.16 bits per heavy atom. The Hall–Kier alpha value is -3.45. The van der Waals surface area contributed by atoms with Crippen molar-refractivity contribution in [1.29, 1.82) is 0 Å². The first-order valence-corrected chi connectivity index (χ1v) is 10.9. The summed E-state index contributed by atoms with van der Waals surface area (Å²) in [6.07, 6.45) is 1.13. The smallest absolute Gasteiger partial charge is 0.319 e. The van der Waals surface area contributed by atoms with Crippen molar-refractivity contribution in [3.05, 3.63) is 71.4 Å². The van der Waals surface area contributed by atoms with Crippen molar-refractivity contribution in [2.75, 3.05) is 31.1 Å². The molecular formula is C25H29N5O2. The number of carbonyl (C=O) groups excluding carboxylic acids is 2. The number of imide groups is 1. The third-order valence-electron chi connectivity index (χ3n) is 6.35. The van der Waals surface area contributed by atoms with Gasteiger partial charge in [0.25, 0.3) is 5.91 Å². The topological polar surface area (TPSA) is 91.0 Å². The summed E-state index contributed by atoms with van der Waals surface area (Å²) in [4.78, 5) is 32.7. The average Bonchev–Trinajstić information content (AvgIpc) is 3.23. The minimum absolute atomic E-state index is 0.114. The number of urea groups is 1. The molecule has 7 nitrogen and oxygen atoms in total. The monoisotopic (exact) mass is 431 g/mol. The molecule has 2 aliphatic rings. The normalized spacial score (nSPS) is 18.3. The number of likely N-dealkylation sites (tertiary alicyclic amines) is 1. The molecule has 4 rings (SSSR count). The Morgan fingerprint density at radius 3 is 2.59 bits per heavy atom. The molecule has 3 amide bonds. The van der Waals surface area contributed by atoms with Crippen LogP contribution in [0.25, 0.3) is 0 Å². The van der Waals surface area contributed by atoms with Crippen LogP contribution in [-0.2, 0) is 4.79 Å². The second-order valence-corrected chi connectivity index (χ2v) is 8.50. The second-order valence-electron chi connectivity index (χ2n) is 8.50. The molecule has 1 unspecified atom stereocenters. The fourth-order valence-electron chi connectivity index (χ4n) is 4.43. The number of aryl methyl sites for hydroxylation is 2. The van der Waals surface area contributed by atoms with E-state index in [9.17, 15) is 9.59 Å². The van der Waals surface area contributed by atoms with Crippen LogP contribution in [0, 0.1) is 13.8 Å². The first-order valence-electron chi connectivity index (χ1n) is 10.9. The van der Waals surface area contributed by atoms with E-state index in [0.717, 1.165) is 42.9 Å². The van der Waals surface area contributed by atoms with Gasteiger partial charge in [-0.3, -0.25) is 10.1 Å². The van der Waals surface area contributed by atoms with Crippen molar-refractivity contribution in [3.63, 3.8) is 0 Å². The van der Waals surface area contributed by atoms with Gasteiger partial charge in [0, 0.05) is 19.6 Å². The molecule has 2 aliphatic heterocycles. The first kappa shape index (κ1) is 21.8. The molecule has 1 atom stereocenters. The number of primary amides is 1. The third-order valence-corrected chi connectivity index (χ3v) is 6.35. The molecule has 2 aromatic carbocycles. The number of fused-ring (bicyclic) bond motifs is 1. The molecule has 0 aromatic heterocycles. The molecule has 7 heteroatoms. The van der Waals surface area contributed by atoms with Crippen LogP contribution in [-0.4, -0.2) is 48.7 Å². The Labute approximate surface area is 188 Å². The molecule has 0 saturated carbocycles. The van der Waals surface area contributed by atoms with Gasteiger partial charge in [-0.05, 0) is 61.6 Å². The molecule has 32 heavy (non-hydrogen) atoms. The highest BCUT2D eigenvalue weighted by Crippen LogP contribution is 2.38. The van der Waals surface area contributed by atoms with Crippen molar-refractivity contribution < 1.29 is 9.59 Å². The van der Waals surface area contributed by atoms with Crippen molar-refractivity contribution in [2.24, 2.45) is 10.7 Å². The number of rotatable bonds is 5. The minimum Gasteiger partial charge on any atom is -0.351 e. The average molecular weight is 432 g/mol. The first-order chi connectivity index (χ1) is 15.3. The Bertz CT molecular complexity index is 1090. The van der Waals surface area contributed by atoms with Crippen LogP contribution in [0.2, 0.25) is 0 Å². The summed E-state index contributed by atoms with van der Waals surface area (Å²) in [6.45, 7) is 11.7. The lowest BCUT2D eigenvalue weighted by Crippen LogP contribution is -2.45. The summed E-state index contributed by atoms with van der Waals surface area (Å²) >= 11 is 0. The number of nitrogens with one attached hydrogen (secondary N) is 1. The molecule has 2 heterocycles. The van der Waals surface area contributed by atoms with E-state index < -0.39 is 11.9 Å². The number of hydrogen-bond acceptors (Lipinski definition) is 5. The van der Waals surface area contributed by atoms with E-state index in [1.807, 2.05) is 24.0 Å². The van der Waals surface area contributed by atoms with Crippen LogP contribution < -0.4 is 16.0 Å². The zero-order valence-corrected chi connectivity index (χ0v) is 18.6. The number of anilines is 1. The number of aliphatic imine (C=N–C) groups is 1. The number of amides is 3. The predicted molar refractivity (Wildman–Crippen MR) is 127 cm³/mol. The van der Waals surface area contributed by atoms with Gasteiger partial charge in [-0.15, -0.1) is 0 Å². The SMILES string of the molecule is C=C1C(C(=O)NC(N)=O)=Nc2cc(C)c(C)cc2N1CCN1CCC(c2ccccc2)C1. The Kier molecular flexibility index (Phi) is 6.10. The summed E-state index contributed by atoms with van der Waals surface area (Å²) in [5.74, 6) is -0.0990. The molecule has 0 spiro atoms. The highest BCUT2D eigenvalue weighted by atomic mass is 16.2. The highest BCUT2D eigenvalue weighted by molar-refractivity contribution is 6.48. The number of hydrogen-bond donors (Lipinski definition) is 2. The van der Waals surface area contributed by atoms with Crippen molar-refractivity contribution in [3.8, 4) is 0 Å². The van der Waals surface area contributed by atoms with Crippen LogP contribution in [0.4, 0.5) is 16.2 Å². The molecule has 2 aromatic rings. The van der Waals surface area contributed by atoms with E-state index in [-0.39, 0.29) is 5.71 Å². The minimum atomic E-state index is -0.910. The van der Waals surface area contributed by atoms with Crippen LogP contribution in [0.1, 0.15) is 29.0 Å². The lowest BCUT2D eigenvalue weighted by molar-refractivity contribution is -0.113. The van der Waals surface area contributed by atoms with E-state index in [1.54, 1.807) is 0 Å². The van der Waals surface area contributed by atoms with Crippen LogP contribution in [0.5, 0.6) is 0 Å². The fraction of sp³-hybridized carbons (Fsp3) is 0.320. The highest BCUT2D eigenvalue weighted by Gasteiger charge is 2.30. The van der Waals surface area contributed by atoms with Gasteiger partial charge in [-0.2, -0.15) is 0 Å². The van der Waals surface area contributed by atoms with Gasteiger partial charge in [0.2, 0.25) is 0 Å². The van der Waals surface area contributed by atoms with Gasteiger partial charge in [0.05, 0.1) is 17.1 Å². The summed E-state index contributed by atoms with van der Waals surface area (Å²) in [7, 11) is 0. The summed E-state index contributed by atoms with van der Waals surface area (Å²) in [5, 5.41) is 2.11. The summed E-state index contributed by atoms with van der Waals surface area (Å²) in [5.41, 5.74) is 11.0. The molecule has 0 aliphatic carbocycles. The number of nitrogens with zero attached hydrogens (tertiary/aromatic N) is 3. The third kappa shape index (κ3) is 4.43. The largest absolute Gasteiger partial charge is 0.351 e. The number of nitrogens with two attached hydrogens (primary N) is 1. The quantitative estimate of drug-likeness (QED) is 0.759. The van der Waals surface area contributed by atoms with Gasteiger partial charge in [-0.1, -0.05) is 36.9 Å². The molecule has 1 fully saturated rings. The zero-order valence-electron chi connectivity index (χ0n) is 18.6. The maximum atomic E-state index is 12.5. The molecule has 3 N–H and O–H groups in total. The number of benzene rings is 2. The van der Waals surface area contributed by atoms with Crippen LogP contribution in [0.3, 0.4) is 0 Å². The van der Waals surface area contributed by atoms with Crippen molar-refractivity contribution in [1.82, 2.24) is 10.2 Å². The molecule has 0 bridgehead atoms. The maximum Gasteiger partial charge on any atom is 0.319 e. The van der Waals surface area contributed by atoms with E-state index in [4.69, 9.17) is 5.73 Å². The second kappa shape index (κ2) is 8.96.